The number of carbonyl (C=O) groups excluding carboxylic acids is 2. The number of halogens is 4. The number of nitrogens with zero attached hydrogens (tertiary/aromatic N) is 3. The highest BCUT2D eigenvalue weighted by Gasteiger charge is 2.35. The van der Waals surface area contributed by atoms with Crippen LogP contribution < -0.4 is 20.7 Å². The number of hydrogen-bond donors (Lipinski definition) is 3. The van der Waals surface area contributed by atoms with E-state index in [0.29, 0.717) is 17.5 Å². The second-order valence-corrected chi connectivity index (χ2v) is 12.4. The smallest absolute Gasteiger partial charge is 0.406 e. The Balaban J connectivity index is 1.36. The predicted octanol–water partition coefficient (Wildman–Crippen LogP) is 4.43. The highest BCUT2D eigenvalue weighted by Crippen LogP contribution is 2.30. The van der Waals surface area contributed by atoms with Gasteiger partial charge in [-0.15, -0.1) is 0 Å². The number of benzene rings is 2. The van der Waals surface area contributed by atoms with Crippen LogP contribution in [-0.2, 0) is 11.3 Å². The highest BCUT2D eigenvalue weighted by molar-refractivity contribution is 6.05. The van der Waals surface area contributed by atoms with E-state index in [1.54, 1.807) is 0 Å². The van der Waals surface area contributed by atoms with Gasteiger partial charge in [0.05, 0.1) is 48.9 Å². The number of imidazole rings is 1. The van der Waals surface area contributed by atoms with Gasteiger partial charge in [-0.3, -0.25) is 14.5 Å². The van der Waals surface area contributed by atoms with E-state index in [9.17, 15) is 27.2 Å². The minimum atomic E-state index is -4.51. The Morgan fingerprint density at radius 3 is 2.58 bits per heavy atom. The topological polar surface area (TPSA) is 110 Å². The molecule has 5 rings (SSSR count). The third-order valence-corrected chi connectivity index (χ3v) is 9.00. The van der Waals surface area contributed by atoms with Crippen molar-refractivity contribution in [2.75, 3.05) is 52.3 Å². The van der Waals surface area contributed by atoms with Crippen molar-refractivity contribution in [1.29, 1.82) is 0 Å². The number of methoxy groups -OCH3 is 1. The van der Waals surface area contributed by atoms with Gasteiger partial charge in [0.25, 0.3) is 11.8 Å². The Kier molecular flexibility index (Phi) is 10.8. The van der Waals surface area contributed by atoms with Gasteiger partial charge in [-0.25, -0.2) is 9.37 Å². The molecule has 48 heavy (non-hydrogen) atoms. The molecule has 2 amide bonds. The van der Waals surface area contributed by atoms with E-state index >= 15 is 0 Å². The molecule has 2 saturated heterocycles. The lowest BCUT2D eigenvalue weighted by Gasteiger charge is -2.44. The molecule has 3 heterocycles. The second kappa shape index (κ2) is 14.8. The van der Waals surface area contributed by atoms with E-state index in [-0.39, 0.29) is 52.1 Å². The number of ether oxygens (including phenoxy) is 2. The normalized spacial score (nSPS) is 21.7. The van der Waals surface area contributed by atoms with Crippen LogP contribution in [0.25, 0.3) is 11.0 Å². The summed E-state index contributed by atoms with van der Waals surface area (Å²) in [6.07, 6.45) is -1.72. The average molecular weight is 673 g/mol. The molecule has 2 aliphatic rings. The zero-order valence-electron chi connectivity index (χ0n) is 27.3. The van der Waals surface area contributed by atoms with Crippen molar-refractivity contribution in [3.05, 3.63) is 53.1 Å². The van der Waals surface area contributed by atoms with E-state index in [1.807, 2.05) is 0 Å². The number of alkyl halides is 3. The number of carbonyl (C=O) groups is 2. The first-order chi connectivity index (χ1) is 22.9. The maximum atomic E-state index is 14.6. The van der Waals surface area contributed by atoms with Crippen molar-refractivity contribution in [2.24, 2.45) is 11.8 Å². The maximum absolute atomic E-state index is 14.6. The van der Waals surface area contributed by atoms with Crippen molar-refractivity contribution in [3.63, 3.8) is 0 Å². The van der Waals surface area contributed by atoms with Gasteiger partial charge in [0.1, 0.15) is 23.6 Å². The molecule has 3 aromatic rings. The Morgan fingerprint density at radius 1 is 1.10 bits per heavy atom. The number of piperidine rings is 1. The monoisotopic (exact) mass is 672 g/mol. The van der Waals surface area contributed by atoms with Crippen LogP contribution in [0.4, 0.5) is 23.2 Å². The van der Waals surface area contributed by atoms with Crippen LogP contribution in [0.1, 0.15) is 53.0 Å². The summed E-state index contributed by atoms with van der Waals surface area (Å²) in [6.45, 7) is 6.13. The first-order valence-electron chi connectivity index (χ1n) is 15.9. The van der Waals surface area contributed by atoms with Crippen LogP contribution >= 0.6 is 0 Å². The van der Waals surface area contributed by atoms with E-state index in [1.165, 1.54) is 32.4 Å². The summed E-state index contributed by atoms with van der Waals surface area (Å²) in [5.74, 6) is 4.77. The molecule has 0 bridgehead atoms. The van der Waals surface area contributed by atoms with Crippen LogP contribution in [0, 0.1) is 29.5 Å². The third kappa shape index (κ3) is 8.02. The molecule has 4 atom stereocenters. The maximum Gasteiger partial charge on any atom is 0.406 e. The van der Waals surface area contributed by atoms with Crippen molar-refractivity contribution in [1.82, 2.24) is 25.1 Å². The fourth-order valence-electron chi connectivity index (χ4n) is 6.53. The summed E-state index contributed by atoms with van der Waals surface area (Å²) >= 11 is 0. The zero-order valence-corrected chi connectivity index (χ0v) is 27.3. The molecule has 0 unspecified atom stereocenters. The Bertz CT molecular complexity index is 1720. The van der Waals surface area contributed by atoms with Gasteiger partial charge in [-0.1, -0.05) is 25.7 Å². The third-order valence-electron chi connectivity index (χ3n) is 9.00. The number of fused-ring (bicyclic) bond motifs is 1. The van der Waals surface area contributed by atoms with E-state index in [2.05, 4.69) is 51.5 Å². The van der Waals surface area contributed by atoms with Gasteiger partial charge in [-0.05, 0) is 42.9 Å². The molecule has 0 spiro atoms. The van der Waals surface area contributed by atoms with Crippen LogP contribution in [0.15, 0.2) is 30.6 Å². The van der Waals surface area contributed by atoms with E-state index in [4.69, 9.17) is 9.47 Å². The molecule has 3 N–H and O–H groups in total. The number of nitrogens with one attached hydrogen (secondary N) is 3. The Labute approximate surface area is 276 Å². The van der Waals surface area contributed by atoms with Crippen LogP contribution in [0.5, 0.6) is 5.75 Å². The number of hydrogen-bond acceptors (Lipinski definition) is 7. The lowest BCUT2D eigenvalue weighted by atomic mass is 9.88. The summed E-state index contributed by atoms with van der Waals surface area (Å²) in [5.41, 5.74) is 0.784. The number of rotatable bonds is 8. The predicted molar refractivity (Wildman–Crippen MR) is 172 cm³/mol. The SMILES string of the molecule is CNC(=O)c1cc(OC)c(NCC#Cc2cc(C(=O)N[C@H]3CCN([C@H]4CCOC[C@H]4C)C[C@@H]3C)c3ncn(CC(F)(F)F)c3c2)cc1F. The van der Waals surface area contributed by atoms with Crippen molar-refractivity contribution in [2.45, 2.75) is 51.5 Å². The molecule has 10 nitrogen and oxygen atoms in total. The van der Waals surface area contributed by atoms with Crippen LogP contribution in [0.3, 0.4) is 0 Å². The highest BCUT2D eigenvalue weighted by atomic mass is 19.4. The fourth-order valence-corrected chi connectivity index (χ4v) is 6.53. The standard InChI is InChI=1S/C34H40F4N6O4/c1-20-16-43(28-8-11-48-17-21(28)2)10-7-26(20)42-33(46)24-12-22(13-29-31(24)41-19-44(29)18-34(36,37)38)6-5-9-40-27-15-25(35)23(32(45)39-3)14-30(27)47-4/h12-15,19-21,26,28,40H,7-11,16-18H2,1-4H3,(H,39,45)(H,42,46)/t20-,21+,26-,28-/m0/s1. The average Bonchev–Trinajstić information content (AvgIpc) is 3.44. The van der Waals surface area contributed by atoms with Crippen molar-refractivity contribution in [3.8, 4) is 17.6 Å². The Hall–Kier alpha value is -4.35. The number of anilines is 1. The molecule has 258 valence electrons. The molecule has 14 heteroatoms. The summed E-state index contributed by atoms with van der Waals surface area (Å²) in [5, 5.41) is 8.42. The van der Waals surface area contributed by atoms with Gasteiger partial charge in [0.2, 0.25) is 0 Å². The molecule has 1 aromatic heterocycles. The van der Waals surface area contributed by atoms with Gasteiger partial charge < -0.3 is 30.0 Å². The first kappa shape index (κ1) is 35.0. The molecular weight excluding hydrogens is 632 g/mol. The van der Waals surface area contributed by atoms with E-state index in [0.717, 1.165) is 56.1 Å². The summed E-state index contributed by atoms with van der Waals surface area (Å²) in [7, 11) is 2.76. The van der Waals surface area contributed by atoms with Crippen molar-refractivity contribution >= 4 is 28.5 Å². The zero-order chi connectivity index (χ0) is 34.6. The minimum Gasteiger partial charge on any atom is -0.495 e. The Morgan fingerprint density at radius 2 is 1.90 bits per heavy atom. The molecule has 0 aliphatic carbocycles. The first-order valence-corrected chi connectivity index (χ1v) is 15.9. The molecule has 2 aromatic carbocycles. The summed E-state index contributed by atoms with van der Waals surface area (Å²) < 4.78 is 66.6. The summed E-state index contributed by atoms with van der Waals surface area (Å²) in [4.78, 5) is 32.3. The largest absolute Gasteiger partial charge is 0.495 e. The van der Waals surface area contributed by atoms with E-state index < -0.39 is 30.4 Å². The number of amides is 2. The lowest BCUT2D eigenvalue weighted by molar-refractivity contribution is -0.140. The molecular formula is C34H40F4N6O4. The van der Waals surface area contributed by atoms with Crippen LogP contribution in [0.2, 0.25) is 0 Å². The van der Waals surface area contributed by atoms with Gasteiger partial charge in [0, 0.05) is 50.5 Å². The lowest BCUT2D eigenvalue weighted by Crippen LogP contribution is -2.55. The molecule has 2 fully saturated rings. The van der Waals surface area contributed by atoms with Gasteiger partial charge in [0.15, 0.2) is 0 Å². The fraction of sp³-hybridized carbons (Fsp3) is 0.500. The number of likely N-dealkylation sites (tertiary alicyclic amines) is 1. The van der Waals surface area contributed by atoms with Gasteiger partial charge >= 0.3 is 6.18 Å². The van der Waals surface area contributed by atoms with Crippen molar-refractivity contribution < 1.29 is 36.6 Å². The quantitative estimate of drug-likeness (QED) is 0.240. The molecule has 0 radical (unpaired) electrons. The molecule has 2 aliphatic heterocycles. The minimum absolute atomic E-state index is 0.00166. The summed E-state index contributed by atoms with van der Waals surface area (Å²) in [6, 6.07) is 5.68. The van der Waals surface area contributed by atoms with Gasteiger partial charge in [-0.2, -0.15) is 13.2 Å². The number of aromatic nitrogens is 2. The second-order valence-electron chi connectivity index (χ2n) is 12.4. The molecule has 0 saturated carbocycles. The van der Waals surface area contributed by atoms with Crippen LogP contribution in [-0.4, -0.2) is 91.5 Å².